The van der Waals surface area contributed by atoms with Gasteiger partial charge in [-0.3, -0.25) is 9.59 Å². The molecule has 0 unspecified atom stereocenters. The number of anilines is 4. The fourth-order valence-electron chi connectivity index (χ4n) is 2.56. The Bertz CT molecular complexity index is 832. The normalized spacial score (nSPS) is 11.8. The highest BCUT2D eigenvalue weighted by atomic mass is 19.4. The van der Waals surface area contributed by atoms with Crippen LogP contribution in [0.4, 0.5) is 49.1 Å². The molecule has 2 aromatic rings. The molecule has 0 saturated carbocycles. The van der Waals surface area contributed by atoms with Crippen molar-refractivity contribution in [1.29, 1.82) is 0 Å². The molecule has 0 atom stereocenters. The Morgan fingerprint density at radius 2 is 0.800 bits per heavy atom. The first kappa shape index (κ1) is 23.0. The number of amides is 2. The van der Waals surface area contributed by atoms with E-state index in [0.717, 1.165) is 14.1 Å². The van der Waals surface area contributed by atoms with E-state index in [4.69, 9.17) is 0 Å². The molecule has 30 heavy (non-hydrogen) atoms. The third kappa shape index (κ3) is 5.02. The third-order valence-corrected chi connectivity index (χ3v) is 4.34. The van der Waals surface area contributed by atoms with E-state index in [0.29, 0.717) is 21.2 Å². The van der Waals surface area contributed by atoms with E-state index in [-0.39, 0.29) is 11.4 Å². The molecule has 0 aliphatic rings. The van der Waals surface area contributed by atoms with Gasteiger partial charge in [0.1, 0.15) is 0 Å². The number of rotatable bonds is 4. The summed E-state index contributed by atoms with van der Waals surface area (Å²) >= 11 is 0. The Kier molecular flexibility index (Phi) is 6.33. The SMILES string of the molecule is CN(C(=O)C(F)(F)F)c1ccc(N(C)c2ccc(N(C)C(=O)C(F)(F)F)cc2)cc1. The van der Waals surface area contributed by atoms with E-state index >= 15 is 0 Å². The van der Waals surface area contributed by atoms with Gasteiger partial charge in [-0.25, -0.2) is 0 Å². The van der Waals surface area contributed by atoms with Gasteiger partial charge in [-0.1, -0.05) is 0 Å². The lowest BCUT2D eigenvalue weighted by molar-refractivity contribution is -0.170. The van der Waals surface area contributed by atoms with Crippen LogP contribution in [0.15, 0.2) is 48.5 Å². The van der Waals surface area contributed by atoms with Gasteiger partial charge in [0.05, 0.1) is 0 Å². The second kappa shape index (κ2) is 8.25. The van der Waals surface area contributed by atoms with Gasteiger partial charge in [-0.15, -0.1) is 0 Å². The van der Waals surface area contributed by atoms with Crippen molar-refractivity contribution < 1.29 is 35.9 Å². The minimum atomic E-state index is -4.99. The number of benzene rings is 2. The van der Waals surface area contributed by atoms with Crippen molar-refractivity contribution in [3.63, 3.8) is 0 Å². The molecule has 0 saturated heterocycles. The maximum atomic E-state index is 12.5. The maximum Gasteiger partial charge on any atom is 0.471 e. The van der Waals surface area contributed by atoms with Gasteiger partial charge in [0.25, 0.3) is 0 Å². The number of carbonyl (C=O) groups excluding carboxylic acids is 2. The second-order valence-electron chi connectivity index (χ2n) is 6.32. The lowest BCUT2D eigenvalue weighted by Gasteiger charge is -2.23. The molecule has 2 rings (SSSR count). The molecule has 162 valence electrons. The number of hydrogen-bond acceptors (Lipinski definition) is 3. The van der Waals surface area contributed by atoms with Gasteiger partial charge in [0.15, 0.2) is 0 Å². The van der Waals surface area contributed by atoms with E-state index in [1.54, 1.807) is 11.9 Å². The highest BCUT2D eigenvalue weighted by Gasteiger charge is 2.42. The smallest absolute Gasteiger partial charge is 0.345 e. The minimum Gasteiger partial charge on any atom is -0.345 e. The van der Waals surface area contributed by atoms with E-state index in [1.807, 2.05) is 0 Å². The largest absolute Gasteiger partial charge is 0.471 e. The van der Waals surface area contributed by atoms with Crippen molar-refractivity contribution >= 4 is 34.6 Å². The van der Waals surface area contributed by atoms with Gasteiger partial charge >= 0.3 is 24.2 Å². The summed E-state index contributed by atoms with van der Waals surface area (Å²) in [6.07, 6.45) is -9.99. The van der Waals surface area contributed by atoms with Gasteiger partial charge in [-0.2, -0.15) is 26.3 Å². The summed E-state index contributed by atoms with van der Waals surface area (Å²) < 4.78 is 75.2. The van der Waals surface area contributed by atoms with Crippen LogP contribution in [0.25, 0.3) is 0 Å². The summed E-state index contributed by atoms with van der Waals surface area (Å²) in [7, 11) is 3.65. The minimum absolute atomic E-state index is 0.0390. The first-order chi connectivity index (χ1) is 13.7. The molecular formula is C19H17F6N3O2. The zero-order chi connectivity index (χ0) is 22.9. The van der Waals surface area contributed by atoms with E-state index in [1.165, 1.54) is 48.5 Å². The summed E-state index contributed by atoms with van der Waals surface area (Å²) in [6, 6.07) is 11.3. The molecule has 0 spiro atoms. The lowest BCUT2D eigenvalue weighted by Crippen LogP contribution is -2.38. The van der Waals surface area contributed by atoms with Crippen molar-refractivity contribution in [2.45, 2.75) is 12.4 Å². The van der Waals surface area contributed by atoms with Gasteiger partial charge in [0.2, 0.25) is 0 Å². The van der Waals surface area contributed by atoms with Gasteiger partial charge < -0.3 is 14.7 Å². The Morgan fingerprint density at radius 3 is 1.03 bits per heavy atom. The molecule has 0 N–H and O–H groups in total. The molecule has 0 heterocycles. The van der Waals surface area contributed by atoms with Crippen molar-refractivity contribution in [3.05, 3.63) is 48.5 Å². The molecule has 11 heteroatoms. The Hall–Kier alpha value is -3.24. The molecule has 0 aliphatic carbocycles. The molecule has 0 bridgehead atoms. The predicted molar refractivity (Wildman–Crippen MR) is 99.9 cm³/mol. The number of halogens is 6. The number of carbonyl (C=O) groups is 2. The fraction of sp³-hybridized carbons (Fsp3) is 0.263. The predicted octanol–water partition coefficient (Wildman–Crippen LogP) is 4.50. The lowest BCUT2D eigenvalue weighted by atomic mass is 10.2. The van der Waals surface area contributed by atoms with Crippen LogP contribution in [0.5, 0.6) is 0 Å². The number of nitrogens with zero attached hydrogens (tertiary/aromatic N) is 3. The first-order valence-corrected chi connectivity index (χ1v) is 8.37. The summed E-state index contributed by atoms with van der Waals surface area (Å²) in [5, 5.41) is 0. The van der Waals surface area contributed by atoms with Crippen LogP contribution in [-0.2, 0) is 9.59 Å². The summed E-state index contributed by atoms with van der Waals surface area (Å²) in [6.45, 7) is 0. The maximum absolute atomic E-state index is 12.5. The summed E-state index contributed by atoms with van der Waals surface area (Å²) in [5.74, 6) is -4.01. The van der Waals surface area contributed by atoms with Crippen LogP contribution < -0.4 is 14.7 Å². The number of hydrogen-bond donors (Lipinski definition) is 0. The Labute approximate surface area is 168 Å². The van der Waals surface area contributed by atoms with E-state index in [2.05, 4.69) is 0 Å². The van der Waals surface area contributed by atoms with Crippen molar-refractivity contribution in [2.75, 3.05) is 35.8 Å². The monoisotopic (exact) mass is 433 g/mol. The quantitative estimate of drug-likeness (QED) is 0.667. The van der Waals surface area contributed by atoms with E-state index < -0.39 is 24.2 Å². The van der Waals surface area contributed by atoms with Gasteiger partial charge in [0, 0.05) is 43.9 Å². The topological polar surface area (TPSA) is 43.9 Å². The van der Waals surface area contributed by atoms with Crippen LogP contribution in [0.3, 0.4) is 0 Å². The summed E-state index contributed by atoms with van der Waals surface area (Å²) in [4.78, 5) is 25.2. The van der Waals surface area contributed by atoms with Crippen LogP contribution >= 0.6 is 0 Å². The fourth-order valence-corrected chi connectivity index (χ4v) is 2.56. The van der Waals surface area contributed by atoms with Crippen molar-refractivity contribution in [2.24, 2.45) is 0 Å². The van der Waals surface area contributed by atoms with Crippen LogP contribution in [0.2, 0.25) is 0 Å². The number of alkyl halides is 6. The molecule has 0 radical (unpaired) electrons. The molecular weight excluding hydrogens is 416 g/mol. The average molecular weight is 433 g/mol. The summed E-state index contributed by atoms with van der Waals surface area (Å²) in [5.41, 5.74) is 1.19. The third-order valence-electron chi connectivity index (χ3n) is 4.34. The van der Waals surface area contributed by atoms with Crippen LogP contribution in [-0.4, -0.2) is 45.3 Å². The first-order valence-electron chi connectivity index (χ1n) is 8.37. The zero-order valence-corrected chi connectivity index (χ0v) is 16.0. The highest BCUT2D eigenvalue weighted by Crippen LogP contribution is 2.30. The Morgan fingerprint density at radius 1 is 0.567 bits per heavy atom. The molecule has 0 aliphatic heterocycles. The van der Waals surface area contributed by atoms with Crippen LogP contribution in [0, 0.1) is 0 Å². The molecule has 0 aromatic heterocycles. The zero-order valence-electron chi connectivity index (χ0n) is 16.0. The average Bonchev–Trinajstić information content (AvgIpc) is 2.70. The van der Waals surface area contributed by atoms with E-state index in [9.17, 15) is 35.9 Å². The van der Waals surface area contributed by atoms with Crippen molar-refractivity contribution in [3.8, 4) is 0 Å². The standard InChI is InChI=1S/C19H17F6N3O2/c1-26(12-4-8-14(9-5-12)27(2)16(29)18(20,21)22)13-6-10-15(11-7-13)28(3)17(30)19(23,24)25/h4-11H,1-3H3. The van der Waals surface area contributed by atoms with Crippen LogP contribution in [0.1, 0.15) is 0 Å². The van der Waals surface area contributed by atoms with Gasteiger partial charge in [-0.05, 0) is 48.5 Å². The molecule has 0 fully saturated rings. The second-order valence-corrected chi connectivity index (χ2v) is 6.32. The Balaban J connectivity index is 2.16. The highest BCUT2D eigenvalue weighted by molar-refractivity contribution is 5.97. The molecule has 5 nitrogen and oxygen atoms in total. The molecule has 2 amide bonds. The molecule has 2 aromatic carbocycles. The van der Waals surface area contributed by atoms with Crippen molar-refractivity contribution in [1.82, 2.24) is 0 Å².